The fourth-order valence-corrected chi connectivity index (χ4v) is 3.55. The molecule has 0 spiro atoms. The van der Waals surface area contributed by atoms with Gasteiger partial charge in [0.1, 0.15) is 0 Å². The second-order valence-electron chi connectivity index (χ2n) is 7.59. The van der Waals surface area contributed by atoms with Gasteiger partial charge >= 0.3 is 0 Å². The maximum absolute atomic E-state index is 12.0. The normalized spacial score (nSPS) is 11.1. The third-order valence-corrected chi connectivity index (χ3v) is 4.98. The summed E-state index contributed by atoms with van der Waals surface area (Å²) in [6.07, 6.45) is 0.799. The van der Waals surface area contributed by atoms with E-state index < -0.39 is 5.91 Å². The summed E-state index contributed by atoms with van der Waals surface area (Å²) in [5.74, 6) is -0.0496. The molecule has 3 aromatic rings. The summed E-state index contributed by atoms with van der Waals surface area (Å²) in [6, 6.07) is 17.5. The Morgan fingerprint density at radius 2 is 1.66 bits per heavy atom. The van der Waals surface area contributed by atoms with Gasteiger partial charge in [-0.3, -0.25) is 9.78 Å². The lowest BCUT2D eigenvalue weighted by molar-refractivity contribution is 0.100. The van der Waals surface area contributed by atoms with Gasteiger partial charge in [0.05, 0.1) is 5.69 Å². The Morgan fingerprint density at radius 3 is 2.24 bits per heavy atom. The molecule has 1 heterocycles. The molecular formula is C24H28N4O. The zero-order valence-electron chi connectivity index (χ0n) is 17.0. The van der Waals surface area contributed by atoms with Crippen LogP contribution >= 0.6 is 0 Å². The molecule has 0 aliphatic carbocycles. The lowest BCUT2D eigenvalue weighted by Gasteiger charge is -2.18. The van der Waals surface area contributed by atoms with Crippen LogP contribution in [0.2, 0.25) is 0 Å². The SMILES string of the molecule is CC(C)Cc1nc(-c2ccccc2C(N)=O)cc(-c2ccc(CN)cc2)c1CN. The zero-order chi connectivity index (χ0) is 21.0. The third kappa shape index (κ3) is 4.53. The molecule has 0 unspecified atom stereocenters. The van der Waals surface area contributed by atoms with Gasteiger partial charge in [-0.15, -0.1) is 0 Å². The van der Waals surface area contributed by atoms with E-state index in [-0.39, 0.29) is 0 Å². The number of aromatic nitrogens is 1. The summed E-state index contributed by atoms with van der Waals surface area (Å²) in [4.78, 5) is 16.9. The first-order valence-corrected chi connectivity index (χ1v) is 9.86. The van der Waals surface area contributed by atoms with Gasteiger partial charge in [0.25, 0.3) is 0 Å². The van der Waals surface area contributed by atoms with Crippen LogP contribution in [0.25, 0.3) is 22.4 Å². The number of amides is 1. The molecule has 5 heteroatoms. The van der Waals surface area contributed by atoms with Crippen LogP contribution in [0.1, 0.15) is 41.0 Å². The number of benzene rings is 2. The molecule has 1 amide bonds. The van der Waals surface area contributed by atoms with E-state index in [4.69, 9.17) is 22.2 Å². The smallest absolute Gasteiger partial charge is 0.249 e. The minimum atomic E-state index is -0.468. The number of pyridine rings is 1. The van der Waals surface area contributed by atoms with Crippen LogP contribution in [0.3, 0.4) is 0 Å². The number of hydrogen-bond acceptors (Lipinski definition) is 4. The highest BCUT2D eigenvalue weighted by molar-refractivity contribution is 5.99. The van der Waals surface area contributed by atoms with Gasteiger partial charge in [-0.1, -0.05) is 56.3 Å². The molecule has 0 aliphatic heterocycles. The summed E-state index contributed by atoms with van der Waals surface area (Å²) in [5.41, 5.74) is 24.5. The minimum absolute atomic E-state index is 0.390. The van der Waals surface area contributed by atoms with Crippen molar-refractivity contribution in [2.24, 2.45) is 23.1 Å². The van der Waals surface area contributed by atoms with Gasteiger partial charge in [0.15, 0.2) is 0 Å². The maximum Gasteiger partial charge on any atom is 0.249 e. The van der Waals surface area contributed by atoms with Crippen molar-refractivity contribution >= 4 is 5.91 Å². The molecule has 0 radical (unpaired) electrons. The molecule has 3 rings (SSSR count). The predicted octanol–water partition coefficient (Wildman–Crippen LogP) is 3.63. The molecule has 5 nitrogen and oxygen atoms in total. The predicted molar refractivity (Wildman–Crippen MR) is 118 cm³/mol. The number of nitrogens with two attached hydrogens (primary N) is 3. The highest BCUT2D eigenvalue weighted by Crippen LogP contribution is 2.32. The Bertz CT molecular complexity index is 1010. The van der Waals surface area contributed by atoms with Gasteiger partial charge in [0.2, 0.25) is 5.91 Å². The second-order valence-corrected chi connectivity index (χ2v) is 7.59. The number of primary amides is 1. The monoisotopic (exact) mass is 388 g/mol. The Hall–Kier alpha value is -3.02. The molecule has 0 saturated carbocycles. The molecule has 0 fully saturated rings. The first-order valence-electron chi connectivity index (χ1n) is 9.86. The van der Waals surface area contributed by atoms with Crippen LogP contribution in [-0.2, 0) is 19.5 Å². The van der Waals surface area contributed by atoms with E-state index in [0.29, 0.717) is 24.6 Å². The Morgan fingerprint density at radius 1 is 0.966 bits per heavy atom. The van der Waals surface area contributed by atoms with Crippen LogP contribution in [0, 0.1) is 5.92 Å². The summed E-state index contributed by atoms with van der Waals surface area (Å²) in [7, 11) is 0. The van der Waals surface area contributed by atoms with E-state index in [2.05, 4.69) is 26.0 Å². The highest BCUT2D eigenvalue weighted by Gasteiger charge is 2.18. The van der Waals surface area contributed by atoms with Crippen LogP contribution in [0.4, 0.5) is 0 Å². The molecule has 6 N–H and O–H groups in total. The Balaban J connectivity index is 2.26. The Labute approximate surface area is 172 Å². The van der Waals surface area contributed by atoms with Crippen molar-refractivity contribution in [2.45, 2.75) is 33.4 Å². The maximum atomic E-state index is 12.0. The van der Waals surface area contributed by atoms with Crippen molar-refractivity contribution in [1.29, 1.82) is 0 Å². The number of carbonyl (C=O) groups excluding carboxylic acids is 1. The van der Waals surface area contributed by atoms with Crippen molar-refractivity contribution in [3.05, 3.63) is 77.0 Å². The van der Waals surface area contributed by atoms with Crippen molar-refractivity contribution in [3.8, 4) is 22.4 Å². The van der Waals surface area contributed by atoms with Gasteiger partial charge < -0.3 is 17.2 Å². The fraction of sp³-hybridized carbons (Fsp3) is 0.250. The number of nitrogens with zero attached hydrogens (tertiary/aromatic N) is 1. The number of carbonyl (C=O) groups is 1. The van der Waals surface area contributed by atoms with Gasteiger partial charge in [-0.05, 0) is 46.7 Å². The molecule has 0 bridgehead atoms. The number of hydrogen-bond donors (Lipinski definition) is 3. The molecule has 0 atom stereocenters. The van der Waals surface area contributed by atoms with E-state index in [1.54, 1.807) is 12.1 Å². The van der Waals surface area contributed by atoms with Crippen molar-refractivity contribution in [2.75, 3.05) is 0 Å². The van der Waals surface area contributed by atoms with E-state index in [1.807, 2.05) is 30.3 Å². The first-order chi connectivity index (χ1) is 13.9. The zero-order valence-corrected chi connectivity index (χ0v) is 17.0. The van der Waals surface area contributed by atoms with E-state index in [0.717, 1.165) is 45.6 Å². The standard InChI is InChI=1S/C24H28N4O/c1-15(2)11-22-21(14-26)20(17-9-7-16(13-25)8-10-17)12-23(28-22)18-5-3-4-6-19(18)24(27)29/h3-10,12,15H,11,13-14,25-26H2,1-2H3,(H2,27,29). The first kappa shape index (κ1) is 20.7. The quantitative estimate of drug-likeness (QED) is 0.574. The van der Waals surface area contributed by atoms with Crippen LogP contribution in [0.5, 0.6) is 0 Å². The molecular weight excluding hydrogens is 360 g/mol. The average molecular weight is 389 g/mol. The van der Waals surface area contributed by atoms with Gasteiger partial charge in [0, 0.05) is 29.9 Å². The van der Waals surface area contributed by atoms with Crippen LogP contribution < -0.4 is 17.2 Å². The van der Waals surface area contributed by atoms with Crippen molar-refractivity contribution in [3.63, 3.8) is 0 Å². The minimum Gasteiger partial charge on any atom is -0.366 e. The lowest BCUT2D eigenvalue weighted by Crippen LogP contribution is -2.14. The van der Waals surface area contributed by atoms with Crippen LogP contribution in [-0.4, -0.2) is 10.9 Å². The summed E-state index contributed by atoms with van der Waals surface area (Å²) >= 11 is 0. The molecule has 29 heavy (non-hydrogen) atoms. The average Bonchev–Trinajstić information content (AvgIpc) is 2.72. The van der Waals surface area contributed by atoms with Gasteiger partial charge in [-0.25, -0.2) is 0 Å². The van der Waals surface area contributed by atoms with Crippen molar-refractivity contribution in [1.82, 2.24) is 4.98 Å². The van der Waals surface area contributed by atoms with E-state index in [1.165, 1.54) is 0 Å². The number of rotatable bonds is 7. The molecule has 1 aromatic heterocycles. The molecule has 2 aromatic carbocycles. The van der Waals surface area contributed by atoms with Crippen molar-refractivity contribution < 1.29 is 4.79 Å². The van der Waals surface area contributed by atoms with E-state index in [9.17, 15) is 4.79 Å². The molecule has 150 valence electrons. The molecule has 0 aliphatic rings. The lowest BCUT2D eigenvalue weighted by atomic mass is 9.92. The third-order valence-electron chi connectivity index (χ3n) is 4.98. The summed E-state index contributed by atoms with van der Waals surface area (Å²) in [6.45, 7) is 5.19. The van der Waals surface area contributed by atoms with Gasteiger partial charge in [-0.2, -0.15) is 0 Å². The van der Waals surface area contributed by atoms with Crippen LogP contribution in [0.15, 0.2) is 54.6 Å². The Kier molecular flexibility index (Phi) is 6.42. The molecule has 0 saturated heterocycles. The van der Waals surface area contributed by atoms with E-state index >= 15 is 0 Å². The summed E-state index contributed by atoms with van der Waals surface area (Å²) < 4.78 is 0. The highest BCUT2D eigenvalue weighted by atomic mass is 16.1. The largest absolute Gasteiger partial charge is 0.366 e. The fourth-order valence-electron chi connectivity index (χ4n) is 3.55. The second kappa shape index (κ2) is 8.99. The summed E-state index contributed by atoms with van der Waals surface area (Å²) in [5, 5.41) is 0. The topological polar surface area (TPSA) is 108 Å².